The van der Waals surface area contributed by atoms with Crippen molar-refractivity contribution < 1.29 is 14.0 Å². The second kappa shape index (κ2) is 7.70. The highest BCUT2D eigenvalue weighted by Crippen LogP contribution is 2.17. The molecule has 1 atom stereocenters. The van der Waals surface area contributed by atoms with E-state index in [1.165, 1.54) is 0 Å². The molecule has 132 valence electrons. The Morgan fingerprint density at radius 3 is 2.12 bits per heavy atom. The number of hydrogen-bond donors (Lipinski definition) is 2. The number of rotatable bonds is 5. The van der Waals surface area contributed by atoms with Gasteiger partial charge in [0.15, 0.2) is 0 Å². The lowest BCUT2D eigenvalue weighted by Crippen LogP contribution is -2.26. The maximum atomic E-state index is 12.4. The van der Waals surface area contributed by atoms with E-state index in [1.54, 1.807) is 36.4 Å². The molecule has 3 aromatic rings. The Bertz CT molecular complexity index is 899. The topological polar surface area (TPSA) is 71.3 Å². The Labute approximate surface area is 152 Å². The van der Waals surface area contributed by atoms with Crippen LogP contribution < -0.4 is 10.6 Å². The predicted octanol–water partition coefficient (Wildman–Crippen LogP) is 4.33. The second-order valence-electron chi connectivity index (χ2n) is 6.04. The third-order valence-electron chi connectivity index (χ3n) is 3.98. The monoisotopic (exact) mass is 348 g/mol. The van der Waals surface area contributed by atoms with E-state index >= 15 is 0 Å². The molecule has 0 aliphatic heterocycles. The molecule has 3 rings (SSSR count). The fraction of sp³-hybridized carbons (Fsp3) is 0.143. The number of amides is 2. The van der Waals surface area contributed by atoms with Crippen molar-refractivity contribution in [3.8, 4) is 0 Å². The molecule has 1 aromatic heterocycles. The van der Waals surface area contributed by atoms with Gasteiger partial charge in [0, 0.05) is 16.8 Å². The fourth-order valence-electron chi connectivity index (χ4n) is 2.53. The van der Waals surface area contributed by atoms with Crippen LogP contribution in [-0.2, 0) is 0 Å². The van der Waals surface area contributed by atoms with Crippen LogP contribution >= 0.6 is 0 Å². The lowest BCUT2D eigenvalue weighted by atomic mass is 10.1. The third kappa shape index (κ3) is 4.19. The summed E-state index contributed by atoms with van der Waals surface area (Å²) >= 11 is 0. The largest absolute Gasteiger partial charge is 0.464 e. The number of carbonyl (C=O) groups is 2. The highest BCUT2D eigenvalue weighted by Gasteiger charge is 2.14. The second-order valence-corrected chi connectivity index (χ2v) is 6.04. The smallest absolute Gasteiger partial charge is 0.255 e. The van der Waals surface area contributed by atoms with E-state index in [0.29, 0.717) is 22.6 Å². The molecule has 26 heavy (non-hydrogen) atoms. The minimum absolute atomic E-state index is 0.190. The van der Waals surface area contributed by atoms with Gasteiger partial charge in [-0.25, -0.2) is 0 Å². The van der Waals surface area contributed by atoms with Crippen molar-refractivity contribution >= 4 is 17.5 Å². The molecule has 2 aromatic carbocycles. The molecular weight excluding hydrogens is 328 g/mol. The minimum atomic E-state index is -0.228. The van der Waals surface area contributed by atoms with Gasteiger partial charge in [-0.05, 0) is 62.4 Å². The first-order valence-corrected chi connectivity index (χ1v) is 8.36. The van der Waals surface area contributed by atoms with E-state index in [-0.39, 0.29) is 17.9 Å². The average Bonchev–Trinajstić information content (AvgIpc) is 3.09. The van der Waals surface area contributed by atoms with Gasteiger partial charge in [0.2, 0.25) is 0 Å². The minimum Gasteiger partial charge on any atom is -0.464 e. The molecule has 0 saturated carbocycles. The van der Waals surface area contributed by atoms with Crippen LogP contribution in [0, 0.1) is 6.92 Å². The first kappa shape index (κ1) is 17.5. The molecule has 0 aliphatic carbocycles. The number of aryl methyl sites for hydroxylation is 1. The Kier molecular flexibility index (Phi) is 5.17. The van der Waals surface area contributed by atoms with E-state index < -0.39 is 0 Å². The van der Waals surface area contributed by atoms with E-state index in [4.69, 9.17) is 4.42 Å². The number of hydrogen-bond acceptors (Lipinski definition) is 3. The summed E-state index contributed by atoms with van der Waals surface area (Å²) in [5.74, 6) is 1.12. The van der Waals surface area contributed by atoms with Gasteiger partial charge < -0.3 is 15.1 Å². The van der Waals surface area contributed by atoms with Crippen LogP contribution in [0.15, 0.2) is 71.1 Å². The number of benzene rings is 2. The van der Waals surface area contributed by atoms with Crippen LogP contribution in [-0.4, -0.2) is 11.8 Å². The molecule has 2 amide bonds. The molecule has 5 heteroatoms. The van der Waals surface area contributed by atoms with Crippen LogP contribution in [0.4, 0.5) is 5.69 Å². The van der Waals surface area contributed by atoms with Gasteiger partial charge in [-0.3, -0.25) is 9.59 Å². The van der Waals surface area contributed by atoms with Crippen LogP contribution in [0.25, 0.3) is 0 Å². The lowest BCUT2D eigenvalue weighted by Gasteiger charge is -2.12. The van der Waals surface area contributed by atoms with E-state index in [9.17, 15) is 9.59 Å². The van der Waals surface area contributed by atoms with Crippen molar-refractivity contribution in [2.24, 2.45) is 0 Å². The average molecular weight is 348 g/mol. The van der Waals surface area contributed by atoms with Crippen molar-refractivity contribution in [3.05, 3.63) is 89.4 Å². The van der Waals surface area contributed by atoms with Gasteiger partial charge in [-0.1, -0.05) is 18.2 Å². The number of furan rings is 1. The molecule has 0 radical (unpaired) electrons. The summed E-state index contributed by atoms with van der Waals surface area (Å²) in [5.41, 5.74) is 1.72. The Balaban J connectivity index is 1.61. The van der Waals surface area contributed by atoms with Gasteiger partial charge >= 0.3 is 0 Å². The maximum Gasteiger partial charge on any atom is 0.255 e. The van der Waals surface area contributed by atoms with Crippen LogP contribution in [0.1, 0.15) is 45.2 Å². The standard InChI is InChI=1S/C21H20N2O3/c1-14-8-13-19(26-14)15(2)22-20(24)17-9-11-18(12-10-17)23-21(25)16-6-4-3-5-7-16/h3-13,15H,1-2H3,(H,22,24)(H,23,25). The number of anilines is 1. The molecule has 0 bridgehead atoms. The van der Waals surface area contributed by atoms with Crippen molar-refractivity contribution in [2.45, 2.75) is 19.9 Å². The first-order chi connectivity index (χ1) is 12.5. The molecular formula is C21H20N2O3. The summed E-state index contributed by atoms with van der Waals surface area (Å²) in [5, 5.41) is 5.70. The predicted molar refractivity (Wildman–Crippen MR) is 100 cm³/mol. The zero-order chi connectivity index (χ0) is 18.5. The van der Waals surface area contributed by atoms with Crippen molar-refractivity contribution in [3.63, 3.8) is 0 Å². The van der Waals surface area contributed by atoms with E-state index in [2.05, 4.69) is 10.6 Å². The summed E-state index contributed by atoms with van der Waals surface area (Å²) in [6.07, 6.45) is 0. The van der Waals surface area contributed by atoms with Crippen molar-refractivity contribution in [2.75, 3.05) is 5.32 Å². The summed E-state index contributed by atoms with van der Waals surface area (Å²) in [6, 6.07) is 19.2. The first-order valence-electron chi connectivity index (χ1n) is 8.36. The summed E-state index contributed by atoms with van der Waals surface area (Å²) in [7, 11) is 0. The maximum absolute atomic E-state index is 12.4. The Morgan fingerprint density at radius 2 is 1.50 bits per heavy atom. The number of nitrogens with one attached hydrogen (secondary N) is 2. The van der Waals surface area contributed by atoms with Crippen molar-refractivity contribution in [1.82, 2.24) is 5.32 Å². The van der Waals surface area contributed by atoms with Gasteiger partial charge in [0.05, 0.1) is 6.04 Å². The summed E-state index contributed by atoms with van der Waals surface area (Å²) in [6.45, 7) is 3.73. The molecule has 0 fully saturated rings. The SMILES string of the molecule is Cc1ccc(C(C)NC(=O)c2ccc(NC(=O)c3ccccc3)cc2)o1. The summed E-state index contributed by atoms with van der Waals surface area (Å²) < 4.78 is 5.52. The van der Waals surface area contributed by atoms with E-state index in [0.717, 1.165) is 5.76 Å². The van der Waals surface area contributed by atoms with Crippen molar-refractivity contribution in [1.29, 1.82) is 0 Å². The Hall–Kier alpha value is -3.34. The molecule has 1 unspecified atom stereocenters. The lowest BCUT2D eigenvalue weighted by molar-refractivity contribution is 0.0934. The van der Waals surface area contributed by atoms with Crippen LogP contribution in [0.2, 0.25) is 0 Å². The zero-order valence-corrected chi connectivity index (χ0v) is 14.7. The highest BCUT2D eigenvalue weighted by molar-refractivity contribution is 6.04. The van der Waals surface area contributed by atoms with E-state index in [1.807, 2.05) is 44.2 Å². The molecule has 5 nitrogen and oxygen atoms in total. The molecule has 1 heterocycles. The number of carbonyl (C=O) groups excluding carboxylic acids is 2. The molecule has 0 spiro atoms. The Morgan fingerprint density at radius 1 is 0.846 bits per heavy atom. The fourth-order valence-corrected chi connectivity index (χ4v) is 2.53. The van der Waals surface area contributed by atoms with Gasteiger partial charge in [0.1, 0.15) is 11.5 Å². The van der Waals surface area contributed by atoms with Gasteiger partial charge in [-0.15, -0.1) is 0 Å². The van der Waals surface area contributed by atoms with Gasteiger partial charge in [0.25, 0.3) is 11.8 Å². The molecule has 2 N–H and O–H groups in total. The third-order valence-corrected chi connectivity index (χ3v) is 3.98. The quantitative estimate of drug-likeness (QED) is 0.721. The zero-order valence-electron chi connectivity index (χ0n) is 14.7. The summed E-state index contributed by atoms with van der Waals surface area (Å²) in [4.78, 5) is 24.5. The molecule has 0 saturated heterocycles. The van der Waals surface area contributed by atoms with Gasteiger partial charge in [-0.2, -0.15) is 0 Å². The van der Waals surface area contributed by atoms with Crippen LogP contribution in [0.3, 0.4) is 0 Å². The normalized spacial score (nSPS) is 11.6. The molecule has 0 aliphatic rings. The van der Waals surface area contributed by atoms with Crippen LogP contribution in [0.5, 0.6) is 0 Å². The highest BCUT2D eigenvalue weighted by atomic mass is 16.3.